The molecule has 0 fully saturated rings. The Hall–Kier alpha value is -1.14. The van der Waals surface area contributed by atoms with Crippen molar-refractivity contribution in [1.29, 1.82) is 0 Å². The fourth-order valence-corrected chi connectivity index (χ4v) is 1.51. The molecule has 1 aromatic rings. The van der Waals surface area contributed by atoms with Gasteiger partial charge in [-0.25, -0.2) is 4.98 Å². The van der Waals surface area contributed by atoms with Crippen LogP contribution < -0.4 is 5.32 Å². The van der Waals surface area contributed by atoms with E-state index in [2.05, 4.69) is 15.0 Å². The fourth-order valence-electron chi connectivity index (χ4n) is 0.809. The van der Waals surface area contributed by atoms with Gasteiger partial charge in [-0.3, -0.25) is 9.59 Å². The molecule has 0 aliphatic carbocycles. The van der Waals surface area contributed by atoms with Crippen LogP contribution in [0.3, 0.4) is 0 Å². The van der Waals surface area contributed by atoms with Crippen molar-refractivity contribution >= 4 is 34.8 Å². The second-order valence-electron chi connectivity index (χ2n) is 2.57. The number of rotatable bonds is 4. The summed E-state index contributed by atoms with van der Waals surface area (Å²) in [6, 6.07) is 0. The molecule has 0 radical (unpaired) electrons. The van der Waals surface area contributed by atoms with E-state index in [-0.39, 0.29) is 12.5 Å². The van der Waals surface area contributed by atoms with E-state index >= 15 is 0 Å². The van der Waals surface area contributed by atoms with Crippen LogP contribution in [0.5, 0.6) is 0 Å². The third kappa shape index (κ3) is 3.49. The zero-order chi connectivity index (χ0) is 11.3. The van der Waals surface area contributed by atoms with Crippen molar-refractivity contribution in [2.24, 2.45) is 0 Å². The molecule has 1 amide bonds. The minimum atomic E-state index is -0.877. The monoisotopic (exact) mass is 248 g/mol. The molecule has 15 heavy (non-hydrogen) atoms. The molecule has 0 aromatic carbocycles. The Labute approximate surface area is 95.4 Å². The zero-order valence-electron chi connectivity index (χ0n) is 7.90. The van der Waals surface area contributed by atoms with Crippen LogP contribution in [0.2, 0.25) is 0 Å². The predicted molar refractivity (Wildman–Crippen MR) is 56.1 cm³/mol. The van der Waals surface area contributed by atoms with E-state index < -0.39 is 11.3 Å². The Morgan fingerprint density at radius 2 is 2.47 bits per heavy atom. The molecule has 0 saturated heterocycles. The molecule has 1 atom stereocenters. The number of aromatic nitrogens is 1. The Kier molecular flexibility index (Phi) is 4.51. The molecule has 1 aromatic heterocycles. The topological polar surface area (TPSA) is 68.3 Å². The van der Waals surface area contributed by atoms with Crippen molar-refractivity contribution in [3.63, 3.8) is 0 Å². The maximum atomic E-state index is 11.3. The number of thiazole rings is 1. The lowest BCUT2D eigenvalue weighted by Gasteiger charge is -2.07. The number of nitrogens with one attached hydrogen (secondary N) is 1. The Morgan fingerprint density at radius 3 is 3.00 bits per heavy atom. The Morgan fingerprint density at radius 1 is 1.73 bits per heavy atom. The maximum Gasteiger partial charge on any atom is 0.325 e. The molecular weight excluding hydrogens is 240 g/mol. The molecule has 0 spiro atoms. The van der Waals surface area contributed by atoms with Gasteiger partial charge in [-0.05, 0) is 0 Å². The summed E-state index contributed by atoms with van der Waals surface area (Å²) in [6.45, 7) is 0.0184. The normalized spacial score (nSPS) is 11.9. The van der Waals surface area contributed by atoms with Crippen molar-refractivity contribution in [3.05, 3.63) is 16.6 Å². The highest BCUT2D eigenvalue weighted by Crippen LogP contribution is 2.01. The first-order valence-corrected chi connectivity index (χ1v) is 5.41. The molecule has 1 unspecified atom stereocenters. The number of alkyl halides is 1. The van der Waals surface area contributed by atoms with Crippen molar-refractivity contribution in [2.75, 3.05) is 13.7 Å². The summed E-state index contributed by atoms with van der Waals surface area (Å²) in [6.07, 6.45) is 0. The number of amides is 1. The van der Waals surface area contributed by atoms with E-state index in [9.17, 15) is 9.59 Å². The summed E-state index contributed by atoms with van der Waals surface area (Å²) in [7, 11) is 1.24. The number of methoxy groups -OCH3 is 1. The van der Waals surface area contributed by atoms with Crippen LogP contribution in [0.4, 0.5) is 0 Å². The van der Waals surface area contributed by atoms with Crippen LogP contribution in [0.25, 0.3) is 0 Å². The van der Waals surface area contributed by atoms with Crippen molar-refractivity contribution in [2.45, 2.75) is 5.38 Å². The van der Waals surface area contributed by atoms with E-state index in [0.717, 1.165) is 0 Å². The van der Waals surface area contributed by atoms with E-state index in [1.54, 1.807) is 10.9 Å². The van der Waals surface area contributed by atoms with Gasteiger partial charge in [-0.15, -0.1) is 22.9 Å². The Balaban J connectivity index is 2.38. The molecule has 1 N–H and O–H groups in total. The number of nitrogens with zero attached hydrogens (tertiary/aromatic N) is 1. The highest BCUT2D eigenvalue weighted by molar-refractivity contribution is 7.07. The van der Waals surface area contributed by atoms with Crippen LogP contribution >= 0.6 is 22.9 Å². The summed E-state index contributed by atoms with van der Waals surface area (Å²) in [4.78, 5) is 26.0. The number of hydrogen-bond acceptors (Lipinski definition) is 5. The van der Waals surface area contributed by atoms with Gasteiger partial charge in [-0.1, -0.05) is 0 Å². The zero-order valence-corrected chi connectivity index (χ0v) is 9.47. The minimum absolute atomic E-state index is 0.0184. The van der Waals surface area contributed by atoms with Gasteiger partial charge in [0.25, 0.3) is 5.91 Å². The first-order valence-electron chi connectivity index (χ1n) is 4.03. The van der Waals surface area contributed by atoms with E-state index in [0.29, 0.717) is 5.69 Å². The second kappa shape index (κ2) is 5.67. The molecule has 5 nitrogen and oxygen atoms in total. The van der Waals surface area contributed by atoms with Crippen molar-refractivity contribution in [3.8, 4) is 0 Å². The largest absolute Gasteiger partial charge is 0.468 e. The van der Waals surface area contributed by atoms with Gasteiger partial charge in [0.2, 0.25) is 0 Å². The van der Waals surface area contributed by atoms with Crippen LogP contribution in [0, 0.1) is 0 Å². The molecular formula is C8H9ClN2O3S. The summed E-state index contributed by atoms with van der Waals surface area (Å²) < 4.78 is 4.40. The third-order valence-electron chi connectivity index (χ3n) is 1.56. The molecule has 1 heterocycles. The fraction of sp³-hybridized carbons (Fsp3) is 0.375. The number of carbonyl (C=O) groups excluding carboxylic acids is 2. The lowest BCUT2D eigenvalue weighted by Crippen LogP contribution is -2.34. The average Bonchev–Trinajstić information content (AvgIpc) is 2.77. The second-order valence-corrected chi connectivity index (χ2v) is 3.82. The highest BCUT2D eigenvalue weighted by Gasteiger charge is 2.17. The van der Waals surface area contributed by atoms with Gasteiger partial charge in [0.15, 0.2) is 0 Å². The number of carbonyl (C=O) groups is 2. The number of esters is 1. The number of hydrogen-bond donors (Lipinski definition) is 1. The predicted octanol–water partition coefficient (Wildman–Crippen LogP) is 0.653. The molecule has 82 valence electrons. The smallest absolute Gasteiger partial charge is 0.325 e. The quantitative estimate of drug-likeness (QED) is 0.628. The van der Waals surface area contributed by atoms with Crippen molar-refractivity contribution < 1.29 is 14.3 Å². The van der Waals surface area contributed by atoms with Crippen LogP contribution in [-0.2, 0) is 9.53 Å². The minimum Gasteiger partial charge on any atom is -0.468 e. The lowest BCUT2D eigenvalue weighted by molar-refractivity contribution is -0.140. The van der Waals surface area contributed by atoms with E-state index in [1.807, 2.05) is 0 Å². The third-order valence-corrected chi connectivity index (χ3v) is 2.48. The van der Waals surface area contributed by atoms with Gasteiger partial charge < -0.3 is 10.1 Å². The summed E-state index contributed by atoms with van der Waals surface area (Å²) >= 11 is 6.95. The van der Waals surface area contributed by atoms with E-state index in [4.69, 9.17) is 11.6 Å². The molecule has 1 rings (SSSR count). The van der Waals surface area contributed by atoms with Gasteiger partial charge in [0.1, 0.15) is 11.1 Å². The first kappa shape index (κ1) is 11.9. The van der Waals surface area contributed by atoms with Gasteiger partial charge in [0.05, 0.1) is 12.6 Å². The summed E-state index contributed by atoms with van der Waals surface area (Å²) in [5, 5.41) is 3.20. The van der Waals surface area contributed by atoms with Gasteiger partial charge in [0, 0.05) is 11.9 Å². The van der Waals surface area contributed by atoms with E-state index in [1.165, 1.54) is 18.4 Å². The van der Waals surface area contributed by atoms with Gasteiger partial charge in [-0.2, -0.15) is 0 Å². The van der Waals surface area contributed by atoms with Gasteiger partial charge >= 0.3 is 5.97 Å². The first-order chi connectivity index (χ1) is 7.15. The highest BCUT2D eigenvalue weighted by atomic mass is 35.5. The average molecular weight is 249 g/mol. The molecule has 0 aliphatic rings. The molecule has 0 saturated carbocycles. The van der Waals surface area contributed by atoms with Crippen molar-refractivity contribution in [1.82, 2.24) is 10.3 Å². The maximum absolute atomic E-state index is 11.3. The molecule has 0 aliphatic heterocycles. The SMILES string of the molecule is COC(=O)C(Cl)CNC(=O)c1cscn1. The summed E-state index contributed by atoms with van der Waals surface area (Å²) in [5.41, 5.74) is 1.86. The standard InChI is InChI=1S/C8H9ClN2O3S/c1-14-8(13)5(9)2-10-7(12)6-3-15-4-11-6/h3-5H,2H2,1H3,(H,10,12). The number of ether oxygens (including phenoxy) is 1. The number of halogens is 1. The van der Waals surface area contributed by atoms with Crippen LogP contribution in [-0.4, -0.2) is 35.9 Å². The van der Waals surface area contributed by atoms with Crippen LogP contribution in [0.15, 0.2) is 10.9 Å². The lowest BCUT2D eigenvalue weighted by atomic mass is 10.4. The molecule has 0 bridgehead atoms. The van der Waals surface area contributed by atoms with Crippen LogP contribution in [0.1, 0.15) is 10.5 Å². The Bertz CT molecular complexity index is 342. The summed E-state index contributed by atoms with van der Waals surface area (Å²) in [5.74, 6) is -0.930. The molecule has 7 heteroatoms.